The lowest BCUT2D eigenvalue weighted by Gasteiger charge is -2.21. The molecule has 1 N–H and O–H groups in total. The topological polar surface area (TPSA) is 43.4 Å². The highest BCUT2D eigenvalue weighted by Gasteiger charge is 2.11. The predicted molar refractivity (Wildman–Crippen MR) is 85.7 cm³/mol. The van der Waals surface area contributed by atoms with Gasteiger partial charge in [0.1, 0.15) is 6.61 Å². The molecule has 0 saturated heterocycles. The van der Waals surface area contributed by atoms with Gasteiger partial charge in [-0.3, -0.25) is 0 Å². The van der Waals surface area contributed by atoms with Crippen LogP contribution in [0.25, 0.3) is 10.9 Å². The molecule has 4 heteroatoms. The number of hydrogen-bond acceptors (Lipinski definition) is 4. The van der Waals surface area contributed by atoms with Crippen LogP contribution in [0.3, 0.4) is 0 Å². The number of nitrogens with one attached hydrogen (secondary N) is 1. The molecule has 4 nitrogen and oxygen atoms in total. The van der Waals surface area contributed by atoms with Crippen molar-refractivity contribution in [2.45, 2.75) is 32.9 Å². The third-order valence-corrected chi connectivity index (χ3v) is 3.12. The Kier molecular flexibility index (Phi) is 5.15. The molecule has 0 radical (unpaired) electrons. The number of methoxy groups -OCH3 is 1. The average Bonchev–Trinajstić information content (AvgIpc) is 2.44. The predicted octanol–water partition coefficient (Wildman–Crippen LogP) is 3.15. The molecule has 0 aliphatic carbocycles. The van der Waals surface area contributed by atoms with Crippen molar-refractivity contribution < 1.29 is 9.47 Å². The second kappa shape index (κ2) is 6.87. The number of rotatable bonds is 6. The molecule has 0 amide bonds. The summed E-state index contributed by atoms with van der Waals surface area (Å²) in [5.41, 5.74) is 2.22. The van der Waals surface area contributed by atoms with Gasteiger partial charge in [0, 0.05) is 30.6 Å². The van der Waals surface area contributed by atoms with Crippen molar-refractivity contribution in [2.75, 3.05) is 20.3 Å². The lowest BCUT2D eigenvalue weighted by molar-refractivity contribution is 0.144. The largest absolute Gasteiger partial charge is 0.475 e. The van der Waals surface area contributed by atoms with Gasteiger partial charge in [-0.15, -0.1) is 0 Å². The van der Waals surface area contributed by atoms with Gasteiger partial charge in [0.2, 0.25) is 5.88 Å². The van der Waals surface area contributed by atoms with Gasteiger partial charge < -0.3 is 14.8 Å². The Morgan fingerprint density at radius 3 is 2.62 bits per heavy atom. The molecular formula is C17H24N2O2. The van der Waals surface area contributed by atoms with Crippen molar-refractivity contribution in [1.82, 2.24) is 10.3 Å². The van der Waals surface area contributed by atoms with E-state index in [1.807, 2.05) is 24.3 Å². The summed E-state index contributed by atoms with van der Waals surface area (Å²) in [6.45, 7) is 8.33. The van der Waals surface area contributed by atoms with Crippen LogP contribution in [0.4, 0.5) is 0 Å². The van der Waals surface area contributed by atoms with Crippen LogP contribution >= 0.6 is 0 Å². The van der Waals surface area contributed by atoms with Crippen LogP contribution in [0.5, 0.6) is 5.88 Å². The number of fused-ring (bicyclic) bond motifs is 1. The van der Waals surface area contributed by atoms with E-state index in [2.05, 4.69) is 37.1 Å². The summed E-state index contributed by atoms with van der Waals surface area (Å²) in [6, 6.07) is 10.2. The summed E-state index contributed by atoms with van der Waals surface area (Å²) in [4.78, 5) is 4.55. The second-order valence-electron chi connectivity index (χ2n) is 6.08. The number of para-hydroxylation sites is 1. The van der Waals surface area contributed by atoms with Gasteiger partial charge >= 0.3 is 0 Å². The molecule has 114 valence electrons. The van der Waals surface area contributed by atoms with E-state index in [1.54, 1.807) is 7.11 Å². The quantitative estimate of drug-likeness (QED) is 0.829. The van der Waals surface area contributed by atoms with Gasteiger partial charge in [-0.1, -0.05) is 18.2 Å². The first kappa shape index (κ1) is 15.7. The molecule has 0 fully saturated rings. The van der Waals surface area contributed by atoms with Crippen molar-refractivity contribution in [3.63, 3.8) is 0 Å². The molecule has 21 heavy (non-hydrogen) atoms. The van der Waals surface area contributed by atoms with E-state index in [-0.39, 0.29) is 5.54 Å². The summed E-state index contributed by atoms with van der Waals surface area (Å²) < 4.78 is 10.7. The number of pyridine rings is 1. The van der Waals surface area contributed by atoms with E-state index in [9.17, 15) is 0 Å². The van der Waals surface area contributed by atoms with Gasteiger partial charge in [0.15, 0.2) is 0 Å². The number of benzene rings is 1. The zero-order valence-corrected chi connectivity index (χ0v) is 13.3. The number of nitrogens with zero attached hydrogens (tertiary/aromatic N) is 1. The van der Waals surface area contributed by atoms with E-state index < -0.39 is 0 Å². The van der Waals surface area contributed by atoms with Gasteiger partial charge in [-0.25, -0.2) is 4.98 Å². The highest BCUT2D eigenvalue weighted by Crippen LogP contribution is 2.22. The van der Waals surface area contributed by atoms with Crippen LogP contribution in [0.15, 0.2) is 30.3 Å². The van der Waals surface area contributed by atoms with E-state index in [0.29, 0.717) is 19.1 Å². The molecule has 2 aromatic rings. The van der Waals surface area contributed by atoms with Crippen LogP contribution < -0.4 is 10.1 Å². The van der Waals surface area contributed by atoms with Crippen LogP contribution in [-0.4, -0.2) is 30.8 Å². The fourth-order valence-corrected chi connectivity index (χ4v) is 2.03. The van der Waals surface area contributed by atoms with Crippen molar-refractivity contribution in [2.24, 2.45) is 0 Å². The molecule has 1 heterocycles. The Balaban J connectivity index is 2.27. The molecule has 2 rings (SSSR count). The normalized spacial score (nSPS) is 11.8. The SMILES string of the molecule is COCCOc1cc(CNC(C)(C)C)c2ccccc2n1. The molecular weight excluding hydrogens is 264 g/mol. The first-order valence-corrected chi connectivity index (χ1v) is 7.25. The molecule has 0 saturated carbocycles. The van der Waals surface area contributed by atoms with E-state index >= 15 is 0 Å². The van der Waals surface area contributed by atoms with Crippen molar-refractivity contribution in [1.29, 1.82) is 0 Å². The molecule has 0 aliphatic rings. The fourth-order valence-electron chi connectivity index (χ4n) is 2.03. The van der Waals surface area contributed by atoms with Gasteiger partial charge in [0.05, 0.1) is 12.1 Å². The second-order valence-corrected chi connectivity index (χ2v) is 6.08. The maximum atomic E-state index is 5.66. The highest BCUT2D eigenvalue weighted by molar-refractivity contribution is 5.82. The summed E-state index contributed by atoms with van der Waals surface area (Å²) in [5.74, 6) is 0.649. The number of ether oxygens (including phenoxy) is 2. The van der Waals surface area contributed by atoms with E-state index in [1.165, 1.54) is 5.56 Å². The molecule has 1 aromatic carbocycles. The smallest absolute Gasteiger partial charge is 0.214 e. The van der Waals surface area contributed by atoms with Crippen LogP contribution in [0.1, 0.15) is 26.3 Å². The standard InChI is InChI=1S/C17H24N2O2/c1-17(2,3)18-12-13-11-16(21-10-9-20-4)19-15-8-6-5-7-14(13)15/h5-8,11,18H,9-10,12H2,1-4H3. The number of aromatic nitrogens is 1. The van der Waals surface area contributed by atoms with E-state index in [0.717, 1.165) is 17.4 Å². The Morgan fingerprint density at radius 1 is 1.14 bits per heavy atom. The molecule has 0 bridgehead atoms. The fraction of sp³-hybridized carbons (Fsp3) is 0.471. The van der Waals surface area contributed by atoms with Crippen molar-refractivity contribution in [3.8, 4) is 5.88 Å². The minimum Gasteiger partial charge on any atom is -0.475 e. The summed E-state index contributed by atoms with van der Waals surface area (Å²) in [6.07, 6.45) is 0. The Labute approximate surface area is 126 Å². The Bertz CT molecular complexity index is 591. The Hall–Kier alpha value is -1.65. The van der Waals surface area contributed by atoms with Crippen molar-refractivity contribution in [3.05, 3.63) is 35.9 Å². The third-order valence-electron chi connectivity index (χ3n) is 3.12. The monoisotopic (exact) mass is 288 g/mol. The molecule has 0 atom stereocenters. The Morgan fingerprint density at radius 2 is 1.90 bits per heavy atom. The zero-order chi connectivity index (χ0) is 15.3. The molecule has 0 aliphatic heterocycles. The van der Waals surface area contributed by atoms with Crippen LogP contribution in [-0.2, 0) is 11.3 Å². The average molecular weight is 288 g/mol. The zero-order valence-electron chi connectivity index (χ0n) is 13.3. The molecule has 0 unspecified atom stereocenters. The minimum absolute atomic E-state index is 0.0709. The van der Waals surface area contributed by atoms with Crippen LogP contribution in [0, 0.1) is 0 Å². The molecule has 1 aromatic heterocycles. The summed E-state index contributed by atoms with van der Waals surface area (Å²) in [5, 5.41) is 4.68. The third kappa shape index (κ3) is 4.69. The lowest BCUT2D eigenvalue weighted by Crippen LogP contribution is -2.35. The van der Waals surface area contributed by atoms with Crippen molar-refractivity contribution >= 4 is 10.9 Å². The van der Waals surface area contributed by atoms with Gasteiger partial charge in [-0.2, -0.15) is 0 Å². The maximum Gasteiger partial charge on any atom is 0.214 e. The number of hydrogen-bond donors (Lipinski definition) is 1. The van der Waals surface area contributed by atoms with E-state index in [4.69, 9.17) is 9.47 Å². The first-order valence-electron chi connectivity index (χ1n) is 7.25. The first-order chi connectivity index (χ1) is 9.99. The molecule has 0 spiro atoms. The van der Waals surface area contributed by atoms with Gasteiger partial charge in [0.25, 0.3) is 0 Å². The van der Waals surface area contributed by atoms with Crippen LogP contribution in [0.2, 0.25) is 0 Å². The van der Waals surface area contributed by atoms with Gasteiger partial charge in [-0.05, 0) is 32.4 Å². The summed E-state index contributed by atoms with van der Waals surface area (Å²) in [7, 11) is 1.66. The highest BCUT2D eigenvalue weighted by atomic mass is 16.5. The maximum absolute atomic E-state index is 5.66. The lowest BCUT2D eigenvalue weighted by atomic mass is 10.1. The minimum atomic E-state index is 0.0709. The summed E-state index contributed by atoms with van der Waals surface area (Å²) >= 11 is 0.